The molecule has 0 fully saturated rings. The molecule has 0 unspecified atom stereocenters. The van der Waals surface area contributed by atoms with Gasteiger partial charge >= 0.3 is 0 Å². The number of anilines is 3. The van der Waals surface area contributed by atoms with Crippen LogP contribution >= 0.6 is 0 Å². The van der Waals surface area contributed by atoms with Gasteiger partial charge in [-0.15, -0.1) is 0 Å². The van der Waals surface area contributed by atoms with Gasteiger partial charge in [0.15, 0.2) is 0 Å². The molecule has 0 N–H and O–H groups in total. The van der Waals surface area contributed by atoms with Gasteiger partial charge in [-0.25, -0.2) is 0 Å². The van der Waals surface area contributed by atoms with Gasteiger partial charge < -0.3 is 4.90 Å². The lowest BCUT2D eigenvalue weighted by Crippen LogP contribution is -2.16. The fourth-order valence-corrected chi connectivity index (χ4v) is 8.90. The Bertz CT molecular complexity index is 2620. The molecule has 1 atom stereocenters. The fourth-order valence-electron chi connectivity index (χ4n) is 8.90. The Morgan fingerprint density at radius 3 is 1.58 bits per heavy atom. The second kappa shape index (κ2) is 12.4. The van der Waals surface area contributed by atoms with Crippen LogP contribution in [0.15, 0.2) is 194 Å². The van der Waals surface area contributed by atoms with Gasteiger partial charge in [-0.2, -0.15) is 0 Å². The lowest BCUT2D eigenvalue weighted by molar-refractivity contribution is 0.660. The van der Waals surface area contributed by atoms with Crippen LogP contribution < -0.4 is 4.90 Å². The Balaban J connectivity index is 1.05. The zero-order chi connectivity index (χ0) is 35.5. The van der Waals surface area contributed by atoms with Crippen molar-refractivity contribution in [2.75, 3.05) is 4.90 Å². The Morgan fingerprint density at radius 2 is 0.868 bits per heavy atom. The molecule has 10 rings (SSSR count). The number of nitrogens with zero attached hydrogens (tertiary/aromatic N) is 1. The van der Waals surface area contributed by atoms with Gasteiger partial charge in [0.2, 0.25) is 0 Å². The van der Waals surface area contributed by atoms with E-state index in [1.807, 2.05) is 0 Å². The summed E-state index contributed by atoms with van der Waals surface area (Å²) in [5, 5.41) is 0. The van der Waals surface area contributed by atoms with Crippen molar-refractivity contribution in [3.63, 3.8) is 0 Å². The minimum Gasteiger partial charge on any atom is -0.310 e. The maximum Gasteiger partial charge on any atom is 0.0465 e. The summed E-state index contributed by atoms with van der Waals surface area (Å²) >= 11 is 0. The van der Waals surface area contributed by atoms with E-state index in [1.54, 1.807) is 0 Å². The van der Waals surface area contributed by atoms with E-state index in [1.165, 1.54) is 72.3 Å². The minimum atomic E-state index is -0.0830. The molecule has 0 radical (unpaired) electrons. The van der Waals surface area contributed by atoms with Crippen LogP contribution in [-0.4, -0.2) is 0 Å². The standard InChI is InChI=1S/C52H39N/c1-52(2)49-20-12-11-18-44(49)45-32-30-42(34-50(45)52)53(40-26-21-36(22-27-40)35-13-5-3-6-14-35)41-28-23-37(24-29-41)39-25-31-47-48(33-39)43-17-9-10-19-46(43)51(47)38-15-7-4-8-16-38/h3-34,51H,1-2H3/t51-/m1/s1. The first-order valence-electron chi connectivity index (χ1n) is 18.6. The van der Waals surface area contributed by atoms with Crippen molar-refractivity contribution < 1.29 is 0 Å². The molecular formula is C52H39N. The molecule has 8 aromatic carbocycles. The molecule has 0 aliphatic heterocycles. The monoisotopic (exact) mass is 677 g/mol. The van der Waals surface area contributed by atoms with Gasteiger partial charge in [0, 0.05) is 28.4 Å². The molecule has 1 nitrogen and oxygen atoms in total. The van der Waals surface area contributed by atoms with Crippen LogP contribution in [0.25, 0.3) is 44.5 Å². The molecule has 1 heteroatoms. The van der Waals surface area contributed by atoms with Crippen molar-refractivity contribution >= 4 is 17.1 Å². The molecule has 0 amide bonds. The Kier molecular flexibility index (Phi) is 7.30. The third kappa shape index (κ3) is 5.15. The van der Waals surface area contributed by atoms with E-state index in [0.29, 0.717) is 0 Å². The van der Waals surface area contributed by atoms with E-state index in [4.69, 9.17) is 0 Å². The highest BCUT2D eigenvalue weighted by molar-refractivity contribution is 5.88. The fraction of sp³-hybridized carbons (Fsp3) is 0.0769. The zero-order valence-corrected chi connectivity index (χ0v) is 30.0. The SMILES string of the molecule is CC1(C)c2ccccc2-c2ccc(N(c3ccc(-c4ccccc4)cc3)c3ccc(-c4ccc5c(c4)-c4ccccc4[C@H]5c4ccccc4)cc3)cc21. The van der Waals surface area contributed by atoms with Crippen LogP contribution in [0.4, 0.5) is 17.1 Å². The summed E-state index contributed by atoms with van der Waals surface area (Å²) in [6.07, 6.45) is 0. The van der Waals surface area contributed by atoms with E-state index in [0.717, 1.165) is 17.1 Å². The molecule has 252 valence electrons. The van der Waals surface area contributed by atoms with E-state index < -0.39 is 0 Å². The van der Waals surface area contributed by atoms with Crippen molar-refractivity contribution in [2.45, 2.75) is 25.2 Å². The summed E-state index contributed by atoms with van der Waals surface area (Å²) in [4.78, 5) is 2.40. The first kappa shape index (κ1) is 31.3. The number of fused-ring (bicyclic) bond motifs is 6. The number of benzene rings is 8. The molecule has 8 aromatic rings. The molecule has 2 aliphatic carbocycles. The van der Waals surface area contributed by atoms with Crippen molar-refractivity contribution in [1.29, 1.82) is 0 Å². The van der Waals surface area contributed by atoms with Crippen LogP contribution in [0.3, 0.4) is 0 Å². The minimum absolute atomic E-state index is 0.0830. The lowest BCUT2D eigenvalue weighted by Gasteiger charge is -2.28. The molecule has 0 saturated carbocycles. The van der Waals surface area contributed by atoms with Crippen LogP contribution in [0.2, 0.25) is 0 Å². The van der Waals surface area contributed by atoms with Gasteiger partial charge in [-0.1, -0.05) is 166 Å². The van der Waals surface area contributed by atoms with Crippen LogP contribution in [0, 0.1) is 0 Å². The molecule has 0 heterocycles. The summed E-state index contributed by atoms with van der Waals surface area (Å²) < 4.78 is 0. The molecule has 53 heavy (non-hydrogen) atoms. The van der Waals surface area contributed by atoms with Gasteiger partial charge in [-0.3, -0.25) is 0 Å². The summed E-state index contributed by atoms with van der Waals surface area (Å²) in [5.41, 5.74) is 20.4. The Morgan fingerprint density at radius 1 is 0.358 bits per heavy atom. The topological polar surface area (TPSA) is 3.24 Å². The first-order valence-corrected chi connectivity index (χ1v) is 18.6. The number of rotatable bonds is 6. The van der Waals surface area contributed by atoms with E-state index in [9.17, 15) is 0 Å². The molecule has 2 aliphatic rings. The van der Waals surface area contributed by atoms with Gasteiger partial charge in [0.25, 0.3) is 0 Å². The van der Waals surface area contributed by atoms with Crippen LogP contribution in [-0.2, 0) is 5.41 Å². The van der Waals surface area contributed by atoms with Crippen molar-refractivity contribution in [3.8, 4) is 44.5 Å². The molecule has 0 saturated heterocycles. The maximum absolute atomic E-state index is 2.41. The molecule has 0 spiro atoms. The highest BCUT2D eigenvalue weighted by atomic mass is 15.1. The average molecular weight is 678 g/mol. The van der Waals surface area contributed by atoms with Gasteiger partial charge in [0.1, 0.15) is 0 Å². The van der Waals surface area contributed by atoms with Crippen LogP contribution in [0.1, 0.15) is 47.6 Å². The summed E-state index contributed by atoms with van der Waals surface area (Å²) in [5.74, 6) is 0.255. The average Bonchev–Trinajstić information content (AvgIpc) is 3.67. The van der Waals surface area contributed by atoms with Crippen LogP contribution in [0.5, 0.6) is 0 Å². The van der Waals surface area contributed by atoms with E-state index >= 15 is 0 Å². The first-order chi connectivity index (χ1) is 26.0. The predicted octanol–water partition coefficient (Wildman–Crippen LogP) is 14.0. The molecular weight excluding hydrogens is 639 g/mol. The van der Waals surface area contributed by atoms with Crippen molar-refractivity contribution in [2.24, 2.45) is 0 Å². The molecule has 0 aromatic heterocycles. The lowest BCUT2D eigenvalue weighted by atomic mass is 9.82. The van der Waals surface area contributed by atoms with Crippen molar-refractivity contribution in [1.82, 2.24) is 0 Å². The van der Waals surface area contributed by atoms with Gasteiger partial charge in [0.05, 0.1) is 0 Å². The third-order valence-electron chi connectivity index (χ3n) is 11.6. The summed E-state index contributed by atoms with van der Waals surface area (Å²) in [6.45, 7) is 4.71. The summed E-state index contributed by atoms with van der Waals surface area (Å²) in [6, 6.07) is 71.5. The third-order valence-corrected chi connectivity index (χ3v) is 11.6. The normalized spacial score (nSPS) is 14.6. The second-order valence-electron chi connectivity index (χ2n) is 14.9. The summed E-state index contributed by atoms with van der Waals surface area (Å²) in [7, 11) is 0. The highest BCUT2D eigenvalue weighted by Crippen LogP contribution is 2.51. The Hall–Kier alpha value is -6.44. The second-order valence-corrected chi connectivity index (χ2v) is 14.9. The van der Waals surface area contributed by atoms with Gasteiger partial charge in [-0.05, 0) is 115 Å². The number of hydrogen-bond donors (Lipinski definition) is 0. The largest absolute Gasteiger partial charge is 0.310 e. The smallest absolute Gasteiger partial charge is 0.0465 e. The number of hydrogen-bond acceptors (Lipinski definition) is 1. The maximum atomic E-state index is 2.41. The zero-order valence-electron chi connectivity index (χ0n) is 30.0. The highest BCUT2D eigenvalue weighted by Gasteiger charge is 2.36. The quantitative estimate of drug-likeness (QED) is 0.169. The van der Waals surface area contributed by atoms with Crippen molar-refractivity contribution in [3.05, 3.63) is 222 Å². The van der Waals surface area contributed by atoms with E-state index in [-0.39, 0.29) is 11.3 Å². The Labute approximate surface area is 312 Å². The van der Waals surface area contributed by atoms with E-state index in [2.05, 4.69) is 213 Å². The predicted molar refractivity (Wildman–Crippen MR) is 222 cm³/mol. The molecule has 0 bridgehead atoms.